The Morgan fingerprint density at radius 3 is 2.70 bits per heavy atom. The Morgan fingerprint density at radius 2 is 2.15 bits per heavy atom. The van der Waals surface area contributed by atoms with Crippen molar-refractivity contribution in [3.05, 3.63) is 28.8 Å². The van der Waals surface area contributed by atoms with E-state index in [2.05, 4.69) is 5.43 Å². The molecule has 1 aromatic rings. The van der Waals surface area contributed by atoms with E-state index in [9.17, 15) is 9.90 Å². The van der Waals surface area contributed by atoms with Crippen LogP contribution in [0, 0.1) is 5.92 Å². The summed E-state index contributed by atoms with van der Waals surface area (Å²) in [5.74, 6) is 5.62. The summed E-state index contributed by atoms with van der Waals surface area (Å²) in [4.78, 5) is 14.3. The van der Waals surface area contributed by atoms with E-state index in [1.807, 2.05) is 0 Å². The molecule has 1 heterocycles. The lowest BCUT2D eigenvalue weighted by Gasteiger charge is -2.33. The summed E-state index contributed by atoms with van der Waals surface area (Å²) >= 11 is 5.95. The molecule has 0 aliphatic carbocycles. The fourth-order valence-electron chi connectivity index (χ4n) is 2.57. The first kappa shape index (κ1) is 15.1. The highest BCUT2D eigenvalue weighted by Crippen LogP contribution is 2.25. The summed E-state index contributed by atoms with van der Waals surface area (Å²) in [6, 6.07) is 5.01. The Bertz CT molecular complexity index is 485. The van der Waals surface area contributed by atoms with Crippen LogP contribution in [-0.2, 0) is 0 Å². The van der Waals surface area contributed by atoms with Crippen molar-refractivity contribution in [3.63, 3.8) is 0 Å². The van der Waals surface area contributed by atoms with Crippen LogP contribution in [0.15, 0.2) is 18.2 Å². The zero-order valence-corrected chi connectivity index (χ0v) is 12.2. The van der Waals surface area contributed by atoms with Crippen molar-refractivity contribution >= 4 is 23.2 Å². The van der Waals surface area contributed by atoms with Crippen molar-refractivity contribution < 1.29 is 9.90 Å². The first-order valence-corrected chi connectivity index (χ1v) is 7.14. The average molecular weight is 298 g/mol. The predicted octanol–water partition coefficient (Wildman–Crippen LogP) is 1.86. The minimum Gasteiger partial charge on any atom is -0.393 e. The maximum Gasteiger partial charge on any atom is 0.256 e. The molecular weight excluding hydrogens is 278 g/mol. The summed E-state index contributed by atoms with van der Waals surface area (Å²) < 4.78 is 0. The van der Waals surface area contributed by atoms with E-state index in [0.29, 0.717) is 29.4 Å². The van der Waals surface area contributed by atoms with E-state index in [0.717, 1.165) is 12.8 Å². The maximum absolute atomic E-state index is 12.5. The number of hydrazine groups is 1. The van der Waals surface area contributed by atoms with E-state index < -0.39 is 0 Å². The fourth-order valence-corrected chi connectivity index (χ4v) is 2.75. The van der Waals surface area contributed by atoms with Crippen LogP contribution >= 0.6 is 11.6 Å². The van der Waals surface area contributed by atoms with Gasteiger partial charge >= 0.3 is 0 Å². The van der Waals surface area contributed by atoms with E-state index >= 15 is 0 Å². The average Bonchev–Trinajstić information content (AvgIpc) is 2.46. The van der Waals surface area contributed by atoms with Crippen molar-refractivity contribution in [3.8, 4) is 0 Å². The molecule has 4 N–H and O–H groups in total. The van der Waals surface area contributed by atoms with Crippen molar-refractivity contribution in [1.29, 1.82) is 0 Å². The molecule has 1 fully saturated rings. The van der Waals surface area contributed by atoms with Crippen LogP contribution in [0.2, 0.25) is 5.02 Å². The largest absolute Gasteiger partial charge is 0.393 e. The quantitative estimate of drug-likeness (QED) is 0.588. The number of amides is 1. The highest BCUT2D eigenvalue weighted by atomic mass is 35.5. The second-order valence-electron chi connectivity index (χ2n) is 5.20. The van der Waals surface area contributed by atoms with Gasteiger partial charge in [0.1, 0.15) is 0 Å². The number of benzene rings is 1. The minimum atomic E-state index is -0.320. The smallest absolute Gasteiger partial charge is 0.256 e. The van der Waals surface area contributed by atoms with E-state index in [4.69, 9.17) is 17.4 Å². The molecule has 1 aliphatic rings. The molecule has 1 aliphatic heterocycles. The molecule has 0 bridgehead atoms. The van der Waals surface area contributed by atoms with Gasteiger partial charge in [0.2, 0.25) is 0 Å². The number of carbonyl (C=O) groups is 1. The van der Waals surface area contributed by atoms with Gasteiger partial charge in [-0.1, -0.05) is 11.6 Å². The molecule has 1 aromatic carbocycles. The molecule has 0 spiro atoms. The number of piperidine rings is 1. The van der Waals surface area contributed by atoms with Crippen LogP contribution in [0.5, 0.6) is 0 Å². The third-order valence-electron chi connectivity index (χ3n) is 3.88. The van der Waals surface area contributed by atoms with E-state index in [1.54, 1.807) is 30.0 Å². The molecule has 6 heteroatoms. The van der Waals surface area contributed by atoms with Crippen LogP contribution in [0.3, 0.4) is 0 Å². The Balaban J connectivity index is 2.11. The third-order valence-corrected chi connectivity index (χ3v) is 4.11. The van der Waals surface area contributed by atoms with Gasteiger partial charge in [-0.15, -0.1) is 0 Å². The van der Waals surface area contributed by atoms with Gasteiger partial charge < -0.3 is 15.4 Å². The molecule has 1 atom stereocenters. The number of nitrogens with one attached hydrogen (secondary N) is 1. The number of nitrogen functional groups attached to an aromatic ring is 1. The lowest BCUT2D eigenvalue weighted by molar-refractivity contribution is 0.0522. The summed E-state index contributed by atoms with van der Waals surface area (Å²) in [7, 11) is 0. The topological polar surface area (TPSA) is 78.6 Å². The van der Waals surface area contributed by atoms with Crippen LogP contribution < -0.4 is 11.3 Å². The van der Waals surface area contributed by atoms with Gasteiger partial charge in [-0.05, 0) is 43.9 Å². The number of aliphatic hydroxyl groups excluding tert-OH is 1. The van der Waals surface area contributed by atoms with Crippen LogP contribution in [-0.4, -0.2) is 35.1 Å². The highest BCUT2D eigenvalue weighted by molar-refractivity contribution is 6.31. The maximum atomic E-state index is 12.5. The summed E-state index contributed by atoms with van der Waals surface area (Å²) in [5, 5.41) is 10.1. The van der Waals surface area contributed by atoms with E-state index in [-0.39, 0.29) is 17.9 Å². The zero-order valence-electron chi connectivity index (χ0n) is 11.5. The Morgan fingerprint density at radius 1 is 1.50 bits per heavy atom. The van der Waals surface area contributed by atoms with Crippen molar-refractivity contribution in [1.82, 2.24) is 4.90 Å². The number of hydrogen-bond acceptors (Lipinski definition) is 4. The van der Waals surface area contributed by atoms with Gasteiger partial charge in [0.25, 0.3) is 5.91 Å². The van der Waals surface area contributed by atoms with Gasteiger partial charge in [-0.2, -0.15) is 0 Å². The highest BCUT2D eigenvalue weighted by Gasteiger charge is 2.27. The Labute approximate surface area is 123 Å². The fraction of sp³-hybridized carbons (Fsp3) is 0.500. The van der Waals surface area contributed by atoms with Crippen LogP contribution in [0.25, 0.3) is 0 Å². The van der Waals surface area contributed by atoms with Gasteiger partial charge in [-0.25, -0.2) is 0 Å². The van der Waals surface area contributed by atoms with Crippen LogP contribution in [0.1, 0.15) is 30.1 Å². The predicted molar refractivity (Wildman–Crippen MR) is 79.6 cm³/mol. The number of rotatable bonds is 3. The normalized spacial score (nSPS) is 17.9. The number of nitrogens with two attached hydrogens (primary N) is 1. The van der Waals surface area contributed by atoms with E-state index in [1.165, 1.54) is 0 Å². The lowest BCUT2D eigenvalue weighted by Crippen LogP contribution is -2.41. The van der Waals surface area contributed by atoms with Crippen molar-refractivity contribution in [2.24, 2.45) is 11.8 Å². The van der Waals surface area contributed by atoms with Crippen molar-refractivity contribution in [2.75, 3.05) is 18.5 Å². The van der Waals surface area contributed by atoms with Crippen molar-refractivity contribution in [2.45, 2.75) is 25.9 Å². The lowest BCUT2D eigenvalue weighted by atomic mass is 9.92. The van der Waals surface area contributed by atoms with Gasteiger partial charge in [0, 0.05) is 18.1 Å². The number of nitrogens with zero attached hydrogens (tertiary/aromatic N) is 1. The molecule has 1 saturated heterocycles. The number of anilines is 1. The standard InChI is InChI=1S/C14H20ClN3O2/c1-9(19)10-4-6-18(7-5-10)14(20)12-8-11(15)2-3-13(12)17-16/h2-3,8-10,17,19H,4-7,16H2,1H3. The number of likely N-dealkylation sites (tertiary alicyclic amines) is 1. The summed E-state index contributed by atoms with van der Waals surface area (Å²) in [6.07, 6.45) is 1.31. The molecule has 2 rings (SSSR count). The molecule has 110 valence electrons. The molecule has 0 aromatic heterocycles. The SMILES string of the molecule is CC(O)C1CCN(C(=O)c2cc(Cl)ccc2NN)CC1. The zero-order chi connectivity index (χ0) is 14.7. The molecule has 20 heavy (non-hydrogen) atoms. The second kappa shape index (κ2) is 6.43. The molecular formula is C14H20ClN3O2. The third kappa shape index (κ3) is 3.23. The molecule has 0 saturated carbocycles. The monoisotopic (exact) mass is 297 g/mol. The molecule has 1 unspecified atom stereocenters. The van der Waals surface area contributed by atoms with Crippen LogP contribution in [0.4, 0.5) is 5.69 Å². The number of carbonyl (C=O) groups excluding carboxylic acids is 1. The first-order valence-electron chi connectivity index (χ1n) is 6.76. The first-order chi connectivity index (χ1) is 9.52. The summed E-state index contributed by atoms with van der Waals surface area (Å²) in [6.45, 7) is 3.09. The molecule has 1 amide bonds. The Hall–Kier alpha value is -1.30. The van der Waals surface area contributed by atoms with Gasteiger partial charge in [0.05, 0.1) is 17.4 Å². The van der Waals surface area contributed by atoms with Gasteiger partial charge in [-0.3, -0.25) is 10.6 Å². The van der Waals surface area contributed by atoms with Gasteiger partial charge in [0.15, 0.2) is 0 Å². The number of hydrogen-bond donors (Lipinski definition) is 3. The Kier molecular flexibility index (Phi) is 4.86. The number of halogens is 1. The molecule has 0 radical (unpaired) electrons. The minimum absolute atomic E-state index is 0.0792. The summed E-state index contributed by atoms with van der Waals surface area (Å²) in [5.41, 5.74) is 3.57. The molecule has 5 nitrogen and oxygen atoms in total. The number of aliphatic hydroxyl groups is 1. The second-order valence-corrected chi connectivity index (χ2v) is 5.64.